The lowest BCUT2D eigenvalue weighted by Gasteiger charge is -2.26. The van der Waals surface area contributed by atoms with Crippen LogP contribution in [0.2, 0.25) is 10.0 Å². The molecule has 6 heteroatoms. The summed E-state index contributed by atoms with van der Waals surface area (Å²) in [4.78, 5) is 12.6. The molecule has 3 atom stereocenters. The molecular weight excluding hydrogens is 363 g/mol. The molecule has 0 aliphatic carbocycles. The van der Waals surface area contributed by atoms with E-state index in [2.05, 4.69) is 0 Å². The van der Waals surface area contributed by atoms with Gasteiger partial charge in [-0.15, -0.1) is 0 Å². The van der Waals surface area contributed by atoms with Gasteiger partial charge in [-0.05, 0) is 43.7 Å². The van der Waals surface area contributed by atoms with Crippen molar-refractivity contribution in [2.75, 3.05) is 6.61 Å². The van der Waals surface area contributed by atoms with Gasteiger partial charge >= 0.3 is 5.97 Å². The third kappa shape index (κ3) is 3.67. The summed E-state index contributed by atoms with van der Waals surface area (Å²) in [7, 11) is 0. The average molecular weight is 381 g/mol. The summed E-state index contributed by atoms with van der Waals surface area (Å²) in [6, 6.07) is 14.3. The molecule has 1 aliphatic rings. The van der Waals surface area contributed by atoms with Crippen molar-refractivity contribution < 1.29 is 19.0 Å². The van der Waals surface area contributed by atoms with E-state index >= 15 is 0 Å². The smallest absolute Gasteiger partial charge is 0.341 e. The second kappa shape index (κ2) is 7.34. The minimum atomic E-state index is -1.27. The molecule has 25 heavy (non-hydrogen) atoms. The molecule has 1 heterocycles. The van der Waals surface area contributed by atoms with E-state index in [1.807, 2.05) is 24.3 Å². The van der Waals surface area contributed by atoms with Crippen LogP contribution in [0.5, 0.6) is 0 Å². The standard InChI is InChI=1S/C19H18Cl2O4/c1-3-23-18(22)19(2)16(12-4-8-14(20)9-5-12)24-17(25-19)13-6-10-15(21)11-7-13/h4-11,16-17H,3H2,1-2H3/t16-,17-,19-/m1/s1. The normalized spacial score (nSPS) is 25.8. The zero-order valence-electron chi connectivity index (χ0n) is 13.9. The topological polar surface area (TPSA) is 44.8 Å². The van der Waals surface area contributed by atoms with E-state index in [9.17, 15) is 4.79 Å². The number of carbonyl (C=O) groups is 1. The molecule has 1 fully saturated rings. The summed E-state index contributed by atoms with van der Waals surface area (Å²) < 4.78 is 17.3. The van der Waals surface area contributed by atoms with Crippen LogP contribution in [0.25, 0.3) is 0 Å². The lowest BCUT2D eigenvalue weighted by molar-refractivity contribution is -0.170. The number of hydrogen-bond acceptors (Lipinski definition) is 4. The van der Waals surface area contributed by atoms with Gasteiger partial charge in [0.2, 0.25) is 0 Å². The molecule has 0 radical (unpaired) electrons. The summed E-state index contributed by atoms with van der Waals surface area (Å²) in [5, 5.41) is 1.22. The van der Waals surface area contributed by atoms with Crippen molar-refractivity contribution in [3.63, 3.8) is 0 Å². The van der Waals surface area contributed by atoms with Gasteiger partial charge in [-0.1, -0.05) is 47.5 Å². The van der Waals surface area contributed by atoms with Crippen molar-refractivity contribution in [2.45, 2.75) is 31.8 Å². The second-order valence-corrected chi connectivity index (χ2v) is 6.77. The summed E-state index contributed by atoms with van der Waals surface area (Å²) in [5.41, 5.74) is 0.293. The van der Waals surface area contributed by atoms with Crippen LogP contribution in [0.15, 0.2) is 48.5 Å². The van der Waals surface area contributed by atoms with Gasteiger partial charge in [0.15, 0.2) is 11.9 Å². The van der Waals surface area contributed by atoms with Gasteiger partial charge in [0.05, 0.1) is 6.61 Å². The Morgan fingerprint density at radius 2 is 1.56 bits per heavy atom. The molecule has 3 rings (SSSR count). The molecule has 1 aliphatic heterocycles. The molecule has 0 bridgehead atoms. The molecule has 0 spiro atoms. The average Bonchev–Trinajstić information content (AvgIpc) is 2.95. The number of hydrogen-bond donors (Lipinski definition) is 0. The first-order valence-electron chi connectivity index (χ1n) is 7.95. The molecule has 0 aromatic heterocycles. The zero-order valence-corrected chi connectivity index (χ0v) is 15.4. The summed E-state index contributed by atoms with van der Waals surface area (Å²) >= 11 is 11.9. The number of ether oxygens (including phenoxy) is 3. The van der Waals surface area contributed by atoms with Crippen molar-refractivity contribution in [1.82, 2.24) is 0 Å². The first-order valence-corrected chi connectivity index (χ1v) is 8.71. The molecule has 0 unspecified atom stereocenters. The third-order valence-electron chi connectivity index (χ3n) is 4.11. The van der Waals surface area contributed by atoms with Crippen molar-refractivity contribution in [3.05, 3.63) is 69.7 Å². The molecule has 2 aromatic carbocycles. The van der Waals surface area contributed by atoms with Gasteiger partial charge in [0.25, 0.3) is 0 Å². The van der Waals surface area contributed by atoms with E-state index in [1.165, 1.54) is 0 Å². The Morgan fingerprint density at radius 1 is 1.04 bits per heavy atom. The first kappa shape index (κ1) is 18.2. The van der Waals surface area contributed by atoms with Gasteiger partial charge in [-0.2, -0.15) is 0 Å². The van der Waals surface area contributed by atoms with Crippen molar-refractivity contribution in [1.29, 1.82) is 0 Å². The highest BCUT2D eigenvalue weighted by molar-refractivity contribution is 6.30. The zero-order chi connectivity index (χ0) is 18.0. The van der Waals surface area contributed by atoms with E-state index in [-0.39, 0.29) is 6.61 Å². The maximum Gasteiger partial charge on any atom is 0.341 e. The SMILES string of the molecule is CCOC(=O)[C@]1(C)O[C@H](c2ccc(Cl)cc2)O[C@@H]1c1ccc(Cl)cc1. The second-order valence-electron chi connectivity index (χ2n) is 5.90. The highest BCUT2D eigenvalue weighted by Crippen LogP contribution is 2.47. The first-order chi connectivity index (χ1) is 11.9. The summed E-state index contributed by atoms with van der Waals surface area (Å²) in [5.74, 6) is -0.466. The molecular formula is C19H18Cl2O4. The molecule has 132 valence electrons. The van der Waals surface area contributed by atoms with E-state index in [4.69, 9.17) is 37.4 Å². The largest absolute Gasteiger partial charge is 0.464 e. The van der Waals surface area contributed by atoms with Crippen LogP contribution in [-0.4, -0.2) is 18.2 Å². The van der Waals surface area contributed by atoms with E-state index in [0.29, 0.717) is 10.0 Å². The monoisotopic (exact) mass is 380 g/mol. The molecule has 0 N–H and O–H groups in total. The Morgan fingerprint density at radius 3 is 2.08 bits per heavy atom. The van der Waals surface area contributed by atoms with Crippen LogP contribution in [0.4, 0.5) is 0 Å². The predicted octanol–water partition coefficient (Wildman–Crippen LogP) is 5.10. The maximum atomic E-state index is 12.6. The summed E-state index contributed by atoms with van der Waals surface area (Å²) in [6.07, 6.45) is -1.32. The molecule has 0 saturated carbocycles. The Hall–Kier alpha value is -1.59. The van der Waals surface area contributed by atoms with Gasteiger partial charge < -0.3 is 14.2 Å². The Balaban J connectivity index is 1.96. The molecule has 4 nitrogen and oxygen atoms in total. The quantitative estimate of drug-likeness (QED) is 0.691. The fourth-order valence-electron chi connectivity index (χ4n) is 2.80. The van der Waals surface area contributed by atoms with Gasteiger partial charge in [0.1, 0.15) is 6.10 Å². The Kier molecular flexibility index (Phi) is 5.35. The van der Waals surface area contributed by atoms with E-state index in [1.54, 1.807) is 38.1 Å². The Labute approximate surface area is 156 Å². The minimum Gasteiger partial charge on any atom is -0.464 e. The lowest BCUT2D eigenvalue weighted by Crippen LogP contribution is -2.41. The van der Waals surface area contributed by atoms with Crippen molar-refractivity contribution >= 4 is 29.2 Å². The van der Waals surface area contributed by atoms with Crippen LogP contribution >= 0.6 is 23.2 Å². The highest BCUT2D eigenvalue weighted by Gasteiger charge is 2.54. The molecule has 0 amide bonds. The third-order valence-corrected chi connectivity index (χ3v) is 4.61. The Bertz CT molecular complexity index is 745. The predicted molar refractivity (Wildman–Crippen MR) is 95.6 cm³/mol. The van der Waals surface area contributed by atoms with Crippen LogP contribution in [-0.2, 0) is 19.0 Å². The maximum absolute atomic E-state index is 12.6. The number of esters is 1. The van der Waals surface area contributed by atoms with Gasteiger partial charge in [-0.3, -0.25) is 0 Å². The van der Waals surface area contributed by atoms with Crippen LogP contribution in [0.3, 0.4) is 0 Å². The van der Waals surface area contributed by atoms with Crippen LogP contribution in [0, 0.1) is 0 Å². The van der Waals surface area contributed by atoms with Gasteiger partial charge in [-0.25, -0.2) is 4.79 Å². The fourth-order valence-corrected chi connectivity index (χ4v) is 3.05. The number of halogens is 2. The van der Waals surface area contributed by atoms with Crippen molar-refractivity contribution in [2.24, 2.45) is 0 Å². The van der Waals surface area contributed by atoms with Crippen LogP contribution < -0.4 is 0 Å². The molecule has 2 aromatic rings. The highest BCUT2D eigenvalue weighted by atomic mass is 35.5. The molecule has 1 saturated heterocycles. The van der Waals surface area contributed by atoms with Crippen molar-refractivity contribution in [3.8, 4) is 0 Å². The fraction of sp³-hybridized carbons (Fsp3) is 0.316. The number of benzene rings is 2. The lowest BCUT2D eigenvalue weighted by atomic mass is 9.93. The summed E-state index contributed by atoms with van der Waals surface area (Å²) in [6.45, 7) is 3.70. The number of carbonyl (C=O) groups excluding carboxylic acids is 1. The minimum absolute atomic E-state index is 0.261. The van der Waals surface area contributed by atoms with Crippen LogP contribution in [0.1, 0.15) is 37.4 Å². The van der Waals surface area contributed by atoms with E-state index in [0.717, 1.165) is 11.1 Å². The van der Waals surface area contributed by atoms with Gasteiger partial charge in [0, 0.05) is 15.6 Å². The van der Waals surface area contributed by atoms with E-state index < -0.39 is 24.0 Å². The number of rotatable bonds is 4.